The highest BCUT2D eigenvalue weighted by Gasteiger charge is 2.26. The van der Waals surface area contributed by atoms with E-state index in [1.165, 1.54) is 6.92 Å². The fraction of sp³-hybridized carbons (Fsp3) is 0.211. The number of carbonyl (C=O) groups excluding carboxylic acids is 2. The molecule has 0 aromatic heterocycles. The molecule has 2 aromatic rings. The number of carbonyl (C=O) groups is 2. The largest absolute Gasteiger partial charge is 0.489 e. The Kier molecular flexibility index (Phi) is 7.17. The number of halogens is 1. The Morgan fingerprint density at radius 1 is 1.15 bits per heavy atom. The average Bonchev–Trinajstić information content (AvgIpc) is 2.66. The monoisotopic (exact) mass is 374 g/mol. The molecule has 0 aliphatic rings. The van der Waals surface area contributed by atoms with Gasteiger partial charge in [-0.1, -0.05) is 59.2 Å². The third-order valence-corrected chi connectivity index (χ3v) is 3.92. The summed E-state index contributed by atoms with van der Waals surface area (Å²) in [6.07, 6.45) is 0. The zero-order chi connectivity index (χ0) is 18.9. The number of oxime groups is 1. The number of Topliss-reactive ketones (excluding diaryl/α,β-unsaturated/α-hetero) is 1. The number of ketones is 1. The van der Waals surface area contributed by atoms with E-state index in [-0.39, 0.29) is 23.4 Å². The van der Waals surface area contributed by atoms with E-state index in [1.807, 2.05) is 30.3 Å². The van der Waals surface area contributed by atoms with E-state index in [4.69, 9.17) is 21.5 Å². The van der Waals surface area contributed by atoms with Gasteiger partial charge in [-0.3, -0.25) is 9.59 Å². The van der Waals surface area contributed by atoms with Gasteiger partial charge in [-0.25, -0.2) is 0 Å². The molecule has 2 N–H and O–H groups in total. The van der Waals surface area contributed by atoms with E-state index >= 15 is 0 Å². The predicted octanol–water partition coefficient (Wildman–Crippen LogP) is 3.08. The zero-order valence-corrected chi connectivity index (χ0v) is 14.9. The molecule has 0 aliphatic carbocycles. The van der Waals surface area contributed by atoms with Crippen LogP contribution in [0.3, 0.4) is 0 Å². The van der Waals surface area contributed by atoms with Gasteiger partial charge in [0.25, 0.3) is 0 Å². The minimum absolute atomic E-state index is 0.210. The molecule has 26 heavy (non-hydrogen) atoms. The summed E-state index contributed by atoms with van der Waals surface area (Å²) in [4.78, 5) is 23.3. The lowest BCUT2D eigenvalue weighted by Crippen LogP contribution is -2.32. The van der Waals surface area contributed by atoms with Crippen LogP contribution in [0.1, 0.15) is 24.0 Å². The molecule has 6 nitrogen and oxygen atoms in total. The second-order valence-corrected chi connectivity index (χ2v) is 5.96. The Morgan fingerprint density at radius 3 is 2.38 bits per heavy atom. The van der Waals surface area contributed by atoms with Gasteiger partial charge in [-0.15, -0.1) is 0 Å². The number of hydrogen-bond donors (Lipinski definition) is 2. The van der Waals surface area contributed by atoms with Gasteiger partial charge in [0, 0.05) is 6.92 Å². The van der Waals surface area contributed by atoms with Crippen molar-refractivity contribution in [1.29, 1.82) is 0 Å². The Morgan fingerprint density at radius 2 is 1.81 bits per heavy atom. The van der Waals surface area contributed by atoms with Crippen LogP contribution in [0.2, 0.25) is 0 Å². The van der Waals surface area contributed by atoms with Gasteiger partial charge in [-0.2, -0.15) is 0 Å². The van der Waals surface area contributed by atoms with Crippen LogP contribution < -0.4 is 10.1 Å². The first-order valence-electron chi connectivity index (χ1n) is 7.92. The van der Waals surface area contributed by atoms with Gasteiger partial charge in [0.05, 0.1) is 6.54 Å². The second-order valence-electron chi connectivity index (χ2n) is 5.58. The van der Waals surface area contributed by atoms with Gasteiger partial charge in [0.1, 0.15) is 18.3 Å². The summed E-state index contributed by atoms with van der Waals surface area (Å²) in [6, 6.07) is 16.5. The first-order chi connectivity index (χ1) is 12.5. The lowest BCUT2D eigenvalue weighted by molar-refractivity contribution is -0.123. The summed E-state index contributed by atoms with van der Waals surface area (Å²) in [5.74, 6) is -1.06. The molecule has 136 valence electrons. The summed E-state index contributed by atoms with van der Waals surface area (Å²) in [5.41, 5.74) is 1.57. The Balaban J connectivity index is 2.09. The number of benzene rings is 2. The van der Waals surface area contributed by atoms with E-state index < -0.39 is 5.92 Å². The fourth-order valence-electron chi connectivity index (χ4n) is 2.33. The maximum absolute atomic E-state index is 12.3. The van der Waals surface area contributed by atoms with E-state index in [2.05, 4.69) is 10.5 Å². The molecule has 0 spiro atoms. The first-order valence-corrected chi connectivity index (χ1v) is 8.30. The van der Waals surface area contributed by atoms with E-state index in [9.17, 15) is 9.59 Å². The number of hydrogen-bond acceptors (Lipinski definition) is 5. The molecule has 0 bridgehead atoms. The van der Waals surface area contributed by atoms with Gasteiger partial charge in [-0.05, 0) is 23.3 Å². The van der Waals surface area contributed by atoms with Crippen LogP contribution in [0.15, 0.2) is 59.8 Å². The van der Waals surface area contributed by atoms with Crippen molar-refractivity contribution in [2.45, 2.75) is 19.4 Å². The number of ether oxygens (including phenoxy) is 1. The van der Waals surface area contributed by atoms with Crippen molar-refractivity contribution >= 4 is 28.5 Å². The minimum Gasteiger partial charge on any atom is -0.489 e. The Labute approximate surface area is 156 Å². The van der Waals surface area contributed by atoms with Gasteiger partial charge < -0.3 is 15.3 Å². The summed E-state index contributed by atoms with van der Waals surface area (Å²) in [5, 5.41) is 14.0. The molecule has 1 atom stereocenters. The number of nitrogens with zero attached hydrogens (tertiary/aromatic N) is 1. The van der Waals surface area contributed by atoms with Crippen LogP contribution in [-0.4, -0.2) is 28.6 Å². The number of rotatable bonds is 8. The quantitative estimate of drug-likeness (QED) is 0.422. The lowest BCUT2D eigenvalue weighted by Gasteiger charge is -2.15. The third kappa shape index (κ3) is 5.60. The molecule has 0 saturated carbocycles. The highest BCUT2D eigenvalue weighted by molar-refractivity contribution is 6.68. The lowest BCUT2D eigenvalue weighted by atomic mass is 9.95. The fourth-order valence-corrected chi connectivity index (χ4v) is 2.57. The third-order valence-electron chi connectivity index (χ3n) is 3.63. The molecule has 2 rings (SSSR count). The van der Waals surface area contributed by atoms with Gasteiger partial charge in [0.2, 0.25) is 5.91 Å². The number of amides is 1. The van der Waals surface area contributed by atoms with Crippen molar-refractivity contribution in [3.8, 4) is 5.75 Å². The Bertz CT molecular complexity index is 776. The SMILES string of the molecule is CC(=O)NCC(=O)C(/C(Cl)=N/O)c1ccc(OCc2ccccc2)cc1. The molecule has 0 radical (unpaired) electrons. The van der Waals surface area contributed by atoms with E-state index in [1.54, 1.807) is 24.3 Å². The van der Waals surface area contributed by atoms with Crippen molar-refractivity contribution < 1.29 is 19.5 Å². The molecule has 0 aliphatic heterocycles. The van der Waals surface area contributed by atoms with Crippen molar-refractivity contribution in [3.63, 3.8) is 0 Å². The van der Waals surface area contributed by atoms with Crippen LogP contribution in [0, 0.1) is 0 Å². The van der Waals surface area contributed by atoms with Crippen LogP contribution in [0.5, 0.6) is 5.75 Å². The maximum Gasteiger partial charge on any atom is 0.217 e. The minimum atomic E-state index is -0.961. The van der Waals surface area contributed by atoms with Crippen LogP contribution in [-0.2, 0) is 16.2 Å². The second kappa shape index (κ2) is 9.58. The van der Waals surface area contributed by atoms with E-state index in [0.717, 1.165) is 5.56 Å². The summed E-state index contributed by atoms with van der Waals surface area (Å²) >= 11 is 5.89. The van der Waals surface area contributed by atoms with Gasteiger partial charge >= 0.3 is 0 Å². The normalized spacial score (nSPS) is 12.3. The molecule has 1 unspecified atom stereocenters. The molecule has 0 heterocycles. The van der Waals surface area contributed by atoms with Crippen molar-refractivity contribution in [1.82, 2.24) is 5.32 Å². The van der Waals surface area contributed by atoms with Crippen LogP contribution >= 0.6 is 11.6 Å². The highest BCUT2D eigenvalue weighted by atomic mass is 35.5. The molecule has 0 saturated heterocycles. The summed E-state index contributed by atoms with van der Waals surface area (Å²) in [6.45, 7) is 1.52. The highest BCUT2D eigenvalue weighted by Crippen LogP contribution is 2.24. The molecule has 2 aromatic carbocycles. The molecule has 1 amide bonds. The van der Waals surface area contributed by atoms with Crippen molar-refractivity contribution in [2.75, 3.05) is 6.54 Å². The molecule has 0 fully saturated rings. The van der Waals surface area contributed by atoms with Crippen LogP contribution in [0.25, 0.3) is 0 Å². The summed E-state index contributed by atoms with van der Waals surface area (Å²) < 4.78 is 5.70. The molecular formula is C19H19ClN2O4. The van der Waals surface area contributed by atoms with Gasteiger partial charge in [0.15, 0.2) is 11.0 Å². The van der Waals surface area contributed by atoms with Crippen LogP contribution in [0.4, 0.5) is 0 Å². The predicted molar refractivity (Wildman–Crippen MR) is 98.7 cm³/mol. The molecular weight excluding hydrogens is 356 g/mol. The first kappa shape index (κ1) is 19.5. The standard InChI is InChI=1S/C19H19ClN2O4/c1-13(23)21-11-17(24)18(19(20)22-25)15-7-9-16(10-8-15)26-12-14-5-3-2-4-6-14/h2-10,18,25H,11-12H2,1H3,(H,21,23)/b22-19-. The maximum atomic E-state index is 12.3. The zero-order valence-electron chi connectivity index (χ0n) is 14.2. The topological polar surface area (TPSA) is 88.0 Å². The Hall–Kier alpha value is -2.86. The molecule has 7 heteroatoms. The van der Waals surface area contributed by atoms with Crippen molar-refractivity contribution in [3.05, 3.63) is 65.7 Å². The summed E-state index contributed by atoms with van der Waals surface area (Å²) in [7, 11) is 0. The number of nitrogens with one attached hydrogen (secondary N) is 1. The van der Waals surface area contributed by atoms with Crippen molar-refractivity contribution in [2.24, 2.45) is 5.16 Å². The average molecular weight is 375 g/mol. The van der Waals surface area contributed by atoms with E-state index in [0.29, 0.717) is 17.9 Å². The smallest absolute Gasteiger partial charge is 0.217 e.